The van der Waals surface area contributed by atoms with Gasteiger partial charge < -0.3 is 9.47 Å². The Morgan fingerprint density at radius 1 is 1.23 bits per heavy atom. The molecule has 1 fully saturated rings. The van der Waals surface area contributed by atoms with E-state index < -0.39 is 0 Å². The molecule has 0 saturated carbocycles. The van der Waals surface area contributed by atoms with Crippen LogP contribution in [0.25, 0.3) is 6.08 Å². The van der Waals surface area contributed by atoms with Crippen LogP contribution in [0.1, 0.15) is 11.1 Å². The number of carbonyl (C=O) groups is 1. The standard InChI is InChI=1S/C19H16FNO3S2/c1-21-18(22)17(26-19(21)25)10-12-7-8-15(23-2)16(9-12)24-11-13-5-3-4-6-14(13)20/h3-10H,11H2,1-2H3/b17-10-. The number of thiocarbonyl (C=S) groups is 1. The summed E-state index contributed by atoms with van der Waals surface area (Å²) >= 11 is 6.38. The van der Waals surface area contributed by atoms with Crippen LogP contribution in [0.2, 0.25) is 0 Å². The molecule has 26 heavy (non-hydrogen) atoms. The van der Waals surface area contributed by atoms with Crippen molar-refractivity contribution in [3.8, 4) is 11.5 Å². The van der Waals surface area contributed by atoms with Gasteiger partial charge in [-0.1, -0.05) is 48.2 Å². The van der Waals surface area contributed by atoms with Gasteiger partial charge in [0, 0.05) is 12.6 Å². The van der Waals surface area contributed by atoms with Crippen LogP contribution in [0.5, 0.6) is 11.5 Å². The molecule has 0 aromatic heterocycles. The number of carbonyl (C=O) groups excluding carboxylic acids is 1. The highest BCUT2D eigenvalue weighted by atomic mass is 32.2. The Morgan fingerprint density at radius 2 is 2.00 bits per heavy atom. The molecule has 134 valence electrons. The molecule has 1 aliphatic heterocycles. The van der Waals surface area contributed by atoms with Crippen molar-refractivity contribution < 1.29 is 18.7 Å². The third kappa shape index (κ3) is 3.89. The van der Waals surface area contributed by atoms with E-state index in [1.165, 1.54) is 29.8 Å². The Hall–Kier alpha value is -2.38. The normalized spacial score (nSPS) is 15.7. The first kappa shape index (κ1) is 18.4. The molecular formula is C19H16FNO3S2. The molecule has 4 nitrogen and oxygen atoms in total. The van der Waals surface area contributed by atoms with Crippen molar-refractivity contribution in [3.05, 3.63) is 64.3 Å². The molecule has 1 saturated heterocycles. The minimum atomic E-state index is -0.325. The third-order valence-electron chi connectivity index (χ3n) is 3.81. The van der Waals surface area contributed by atoms with Crippen molar-refractivity contribution >= 4 is 40.3 Å². The number of ether oxygens (including phenoxy) is 2. The van der Waals surface area contributed by atoms with E-state index in [1.807, 2.05) is 6.07 Å². The van der Waals surface area contributed by atoms with Gasteiger partial charge in [-0.3, -0.25) is 9.69 Å². The minimum Gasteiger partial charge on any atom is -0.493 e. The smallest absolute Gasteiger partial charge is 0.265 e. The fraction of sp³-hybridized carbons (Fsp3) is 0.158. The maximum atomic E-state index is 13.8. The molecular weight excluding hydrogens is 373 g/mol. The Balaban J connectivity index is 1.84. The topological polar surface area (TPSA) is 38.8 Å². The quantitative estimate of drug-likeness (QED) is 0.565. The maximum absolute atomic E-state index is 13.8. The van der Waals surface area contributed by atoms with E-state index in [4.69, 9.17) is 21.7 Å². The predicted molar refractivity (Wildman–Crippen MR) is 105 cm³/mol. The lowest BCUT2D eigenvalue weighted by Crippen LogP contribution is -2.22. The predicted octanol–water partition coefficient (Wildman–Crippen LogP) is 4.24. The van der Waals surface area contributed by atoms with Gasteiger partial charge >= 0.3 is 0 Å². The minimum absolute atomic E-state index is 0.0730. The van der Waals surface area contributed by atoms with Gasteiger partial charge in [-0.2, -0.15) is 0 Å². The van der Waals surface area contributed by atoms with Crippen LogP contribution in [-0.2, 0) is 11.4 Å². The first-order valence-electron chi connectivity index (χ1n) is 7.75. The summed E-state index contributed by atoms with van der Waals surface area (Å²) in [6.07, 6.45) is 1.75. The molecule has 1 heterocycles. The number of hydrogen-bond donors (Lipinski definition) is 0. The van der Waals surface area contributed by atoms with Gasteiger partial charge in [0.15, 0.2) is 11.5 Å². The summed E-state index contributed by atoms with van der Waals surface area (Å²) in [5.74, 6) is 0.539. The Bertz CT molecular complexity index is 898. The van der Waals surface area contributed by atoms with Crippen LogP contribution >= 0.6 is 24.0 Å². The van der Waals surface area contributed by atoms with Crippen LogP contribution in [-0.4, -0.2) is 29.3 Å². The van der Waals surface area contributed by atoms with Crippen LogP contribution in [0.3, 0.4) is 0 Å². The van der Waals surface area contributed by atoms with Gasteiger partial charge in [0.1, 0.15) is 16.7 Å². The lowest BCUT2D eigenvalue weighted by Gasteiger charge is -2.12. The van der Waals surface area contributed by atoms with Crippen molar-refractivity contribution in [1.82, 2.24) is 4.90 Å². The fourth-order valence-corrected chi connectivity index (χ4v) is 3.54. The molecule has 0 radical (unpaired) electrons. The van der Waals surface area contributed by atoms with Crippen LogP contribution in [0, 0.1) is 5.82 Å². The summed E-state index contributed by atoms with van der Waals surface area (Å²) in [7, 11) is 3.18. The number of thioether (sulfide) groups is 1. The number of halogens is 1. The first-order chi connectivity index (χ1) is 12.5. The van der Waals surface area contributed by atoms with E-state index in [-0.39, 0.29) is 18.3 Å². The second kappa shape index (κ2) is 7.88. The molecule has 2 aromatic rings. The van der Waals surface area contributed by atoms with E-state index in [9.17, 15) is 9.18 Å². The van der Waals surface area contributed by atoms with Gasteiger partial charge in [-0.05, 0) is 29.8 Å². The van der Waals surface area contributed by atoms with E-state index in [2.05, 4.69) is 0 Å². The molecule has 7 heteroatoms. The molecule has 0 aliphatic carbocycles. The van der Waals surface area contributed by atoms with Gasteiger partial charge in [-0.15, -0.1) is 0 Å². The van der Waals surface area contributed by atoms with Crippen LogP contribution in [0.4, 0.5) is 4.39 Å². The molecule has 0 bridgehead atoms. The number of amides is 1. The summed E-state index contributed by atoms with van der Waals surface area (Å²) < 4.78 is 25.3. The number of hydrogen-bond acceptors (Lipinski definition) is 5. The number of likely N-dealkylation sites (N-methyl/N-ethyl adjacent to an activating group) is 1. The highest BCUT2D eigenvalue weighted by Gasteiger charge is 2.28. The zero-order valence-electron chi connectivity index (χ0n) is 14.2. The summed E-state index contributed by atoms with van der Waals surface area (Å²) in [4.78, 5) is 14.1. The molecule has 2 aromatic carbocycles. The average Bonchev–Trinajstić information content (AvgIpc) is 2.88. The molecule has 1 aliphatic rings. The number of benzene rings is 2. The molecule has 3 rings (SSSR count). The molecule has 0 unspecified atom stereocenters. The zero-order chi connectivity index (χ0) is 18.7. The third-order valence-corrected chi connectivity index (χ3v) is 5.30. The fourth-order valence-electron chi connectivity index (χ4n) is 2.36. The Kier molecular flexibility index (Phi) is 5.58. The monoisotopic (exact) mass is 389 g/mol. The summed E-state index contributed by atoms with van der Waals surface area (Å²) in [6.45, 7) is 0.0730. The van der Waals surface area contributed by atoms with E-state index >= 15 is 0 Å². The van der Waals surface area contributed by atoms with Crippen molar-refractivity contribution in [2.24, 2.45) is 0 Å². The second-order valence-electron chi connectivity index (χ2n) is 5.53. The van der Waals surface area contributed by atoms with Gasteiger partial charge in [0.2, 0.25) is 0 Å². The number of methoxy groups -OCH3 is 1. The van der Waals surface area contributed by atoms with Crippen molar-refractivity contribution in [3.63, 3.8) is 0 Å². The Labute approximate surface area is 160 Å². The zero-order valence-corrected chi connectivity index (χ0v) is 15.8. The number of rotatable bonds is 5. The summed E-state index contributed by atoms with van der Waals surface area (Å²) in [5, 5.41) is 0. The summed E-state index contributed by atoms with van der Waals surface area (Å²) in [6, 6.07) is 11.7. The van der Waals surface area contributed by atoms with E-state index in [0.29, 0.717) is 26.3 Å². The molecule has 0 N–H and O–H groups in total. The highest BCUT2D eigenvalue weighted by Crippen LogP contribution is 2.34. The van der Waals surface area contributed by atoms with E-state index in [1.54, 1.807) is 43.5 Å². The SMILES string of the molecule is COc1ccc(/C=C2\SC(=S)N(C)C2=O)cc1OCc1ccccc1F. The second-order valence-corrected chi connectivity index (χ2v) is 7.21. The van der Waals surface area contributed by atoms with Crippen LogP contribution < -0.4 is 9.47 Å². The van der Waals surface area contributed by atoms with Gasteiger partial charge in [0.25, 0.3) is 5.91 Å². The average molecular weight is 389 g/mol. The lowest BCUT2D eigenvalue weighted by molar-refractivity contribution is -0.121. The maximum Gasteiger partial charge on any atom is 0.265 e. The first-order valence-corrected chi connectivity index (χ1v) is 8.98. The van der Waals surface area contributed by atoms with E-state index in [0.717, 1.165) is 5.56 Å². The van der Waals surface area contributed by atoms with Crippen molar-refractivity contribution in [1.29, 1.82) is 0 Å². The van der Waals surface area contributed by atoms with Crippen molar-refractivity contribution in [2.45, 2.75) is 6.61 Å². The van der Waals surface area contributed by atoms with Gasteiger partial charge in [-0.25, -0.2) is 4.39 Å². The molecule has 0 atom stereocenters. The largest absolute Gasteiger partial charge is 0.493 e. The Morgan fingerprint density at radius 3 is 2.65 bits per heavy atom. The molecule has 0 spiro atoms. The highest BCUT2D eigenvalue weighted by molar-refractivity contribution is 8.26. The van der Waals surface area contributed by atoms with Gasteiger partial charge in [0.05, 0.1) is 12.0 Å². The molecule has 1 amide bonds. The number of nitrogens with zero attached hydrogens (tertiary/aromatic N) is 1. The van der Waals surface area contributed by atoms with Crippen LogP contribution in [0.15, 0.2) is 47.4 Å². The lowest BCUT2D eigenvalue weighted by atomic mass is 10.1. The summed E-state index contributed by atoms with van der Waals surface area (Å²) in [5.41, 5.74) is 1.22. The van der Waals surface area contributed by atoms with Crippen molar-refractivity contribution in [2.75, 3.05) is 14.2 Å².